The minimum atomic E-state index is -4.29. The Hall–Kier alpha value is -1.76. The summed E-state index contributed by atoms with van der Waals surface area (Å²) in [6, 6.07) is 5.68. The molecular formula is C17H22F3N3O. The Labute approximate surface area is 139 Å². The fourth-order valence-electron chi connectivity index (χ4n) is 3.44. The molecule has 7 heteroatoms. The number of benzene rings is 1. The van der Waals surface area contributed by atoms with Gasteiger partial charge in [-0.1, -0.05) is 12.1 Å². The van der Waals surface area contributed by atoms with Crippen LogP contribution in [0.4, 0.5) is 18.0 Å². The minimum absolute atomic E-state index is 0.0300. The maximum Gasteiger partial charge on any atom is 0.416 e. The Kier molecular flexibility index (Phi) is 4.99. The second-order valence-corrected chi connectivity index (χ2v) is 6.48. The van der Waals surface area contributed by atoms with Crippen LogP contribution in [0.25, 0.3) is 0 Å². The van der Waals surface area contributed by atoms with E-state index in [1.54, 1.807) is 12.1 Å². The Morgan fingerprint density at radius 2 is 1.75 bits per heavy atom. The second kappa shape index (κ2) is 7.01. The molecule has 2 amide bonds. The van der Waals surface area contributed by atoms with Crippen LogP contribution in [-0.4, -0.2) is 48.1 Å². The number of carbonyl (C=O) groups is 1. The Balaban J connectivity index is 1.51. The number of rotatable bonds is 3. The zero-order valence-electron chi connectivity index (χ0n) is 13.5. The van der Waals surface area contributed by atoms with Gasteiger partial charge in [0.05, 0.1) is 5.56 Å². The summed E-state index contributed by atoms with van der Waals surface area (Å²) in [4.78, 5) is 16.1. The lowest BCUT2D eigenvalue weighted by Gasteiger charge is -2.40. The first-order chi connectivity index (χ1) is 11.4. The van der Waals surface area contributed by atoms with Crippen molar-refractivity contribution in [3.63, 3.8) is 0 Å². The fraction of sp³-hybridized carbons (Fsp3) is 0.588. The lowest BCUT2D eigenvalue weighted by molar-refractivity contribution is -0.137. The Morgan fingerprint density at radius 3 is 2.33 bits per heavy atom. The summed E-state index contributed by atoms with van der Waals surface area (Å²) in [5.74, 6) is 0. The number of hydrogen-bond donors (Lipinski definition) is 1. The SMILES string of the molecule is O=C1NCCCN1C1CCN(Cc2ccc(C(F)(F)F)cc2)CC1. The van der Waals surface area contributed by atoms with Gasteiger partial charge in [-0.25, -0.2) is 4.79 Å². The molecule has 0 atom stereocenters. The van der Waals surface area contributed by atoms with E-state index in [1.165, 1.54) is 0 Å². The van der Waals surface area contributed by atoms with Crippen molar-refractivity contribution in [2.75, 3.05) is 26.2 Å². The first-order valence-corrected chi connectivity index (χ1v) is 8.36. The van der Waals surface area contributed by atoms with Gasteiger partial charge in [-0.05, 0) is 37.0 Å². The normalized spacial score (nSPS) is 21.0. The molecule has 2 saturated heterocycles. The first kappa shape index (κ1) is 17.1. The van der Waals surface area contributed by atoms with Crippen LogP contribution in [0, 0.1) is 0 Å². The molecule has 24 heavy (non-hydrogen) atoms. The van der Waals surface area contributed by atoms with E-state index in [-0.39, 0.29) is 12.1 Å². The van der Waals surface area contributed by atoms with E-state index in [2.05, 4.69) is 10.2 Å². The summed E-state index contributed by atoms with van der Waals surface area (Å²) in [7, 11) is 0. The summed E-state index contributed by atoms with van der Waals surface area (Å²) in [6.45, 7) is 3.93. The number of urea groups is 1. The number of hydrogen-bond acceptors (Lipinski definition) is 2. The van der Waals surface area contributed by atoms with Crippen LogP contribution in [0.15, 0.2) is 24.3 Å². The highest BCUT2D eigenvalue weighted by atomic mass is 19.4. The molecule has 3 rings (SSSR count). The van der Waals surface area contributed by atoms with Gasteiger partial charge in [0.1, 0.15) is 0 Å². The van der Waals surface area contributed by atoms with E-state index in [0.29, 0.717) is 6.54 Å². The monoisotopic (exact) mass is 341 g/mol. The van der Waals surface area contributed by atoms with Crippen molar-refractivity contribution in [3.05, 3.63) is 35.4 Å². The topological polar surface area (TPSA) is 35.6 Å². The maximum absolute atomic E-state index is 12.6. The molecule has 1 N–H and O–H groups in total. The number of amides is 2. The van der Waals surface area contributed by atoms with Gasteiger partial charge >= 0.3 is 12.2 Å². The molecule has 0 unspecified atom stereocenters. The number of likely N-dealkylation sites (tertiary alicyclic amines) is 1. The zero-order chi connectivity index (χ0) is 17.2. The maximum atomic E-state index is 12.6. The summed E-state index contributed by atoms with van der Waals surface area (Å²) in [5.41, 5.74) is 0.276. The molecule has 2 aliphatic rings. The lowest BCUT2D eigenvalue weighted by atomic mass is 10.0. The van der Waals surface area contributed by atoms with Crippen LogP contribution in [0.2, 0.25) is 0 Å². The van der Waals surface area contributed by atoms with Crippen LogP contribution in [0.1, 0.15) is 30.4 Å². The van der Waals surface area contributed by atoms with E-state index in [9.17, 15) is 18.0 Å². The van der Waals surface area contributed by atoms with Crippen LogP contribution >= 0.6 is 0 Å². The number of nitrogens with zero attached hydrogens (tertiary/aromatic N) is 2. The number of nitrogens with one attached hydrogen (secondary N) is 1. The molecule has 0 aromatic heterocycles. The van der Waals surface area contributed by atoms with Crippen LogP contribution in [0.3, 0.4) is 0 Å². The molecule has 132 valence electrons. The van der Waals surface area contributed by atoms with Gasteiger partial charge in [0.15, 0.2) is 0 Å². The number of carbonyl (C=O) groups excluding carboxylic acids is 1. The van der Waals surface area contributed by atoms with Gasteiger partial charge in [-0.2, -0.15) is 13.2 Å². The van der Waals surface area contributed by atoms with Gasteiger partial charge in [0.2, 0.25) is 0 Å². The molecule has 2 heterocycles. The highest BCUT2D eigenvalue weighted by molar-refractivity contribution is 5.75. The van der Waals surface area contributed by atoms with Crippen molar-refractivity contribution in [1.29, 1.82) is 0 Å². The van der Waals surface area contributed by atoms with Crippen molar-refractivity contribution in [3.8, 4) is 0 Å². The molecular weight excluding hydrogens is 319 g/mol. The molecule has 0 spiro atoms. The fourth-order valence-corrected chi connectivity index (χ4v) is 3.44. The van der Waals surface area contributed by atoms with E-state index in [1.807, 2.05) is 4.90 Å². The van der Waals surface area contributed by atoms with Crippen molar-refractivity contribution < 1.29 is 18.0 Å². The molecule has 1 aromatic carbocycles. The van der Waals surface area contributed by atoms with Gasteiger partial charge in [-0.15, -0.1) is 0 Å². The lowest BCUT2D eigenvalue weighted by Crippen LogP contribution is -2.54. The highest BCUT2D eigenvalue weighted by Gasteiger charge is 2.31. The molecule has 2 aliphatic heterocycles. The van der Waals surface area contributed by atoms with Crippen molar-refractivity contribution in [1.82, 2.24) is 15.1 Å². The molecule has 1 aromatic rings. The zero-order valence-corrected chi connectivity index (χ0v) is 13.5. The Morgan fingerprint density at radius 1 is 1.08 bits per heavy atom. The first-order valence-electron chi connectivity index (χ1n) is 8.36. The Bertz CT molecular complexity index is 565. The number of halogens is 3. The van der Waals surface area contributed by atoms with Gasteiger partial charge in [0, 0.05) is 38.8 Å². The number of piperidine rings is 1. The number of alkyl halides is 3. The average molecular weight is 341 g/mol. The summed E-state index contributed by atoms with van der Waals surface area (Å²) in [5, 5.41) is 2.88. The van der Waals surface area contributed by atoms with Crippen LogP contribution in [-0.2, 0) is 12.7 Å². The predicted molar refractivity (Wildman–Crippen MR) is 84.5 cm³/mol. The molecule has 0 bridgehead atoms. The van der Waals surface area contributed by atoms with Gasteiger partial charge in [0.25, 0.3) is 0 Å². The van der Waals surface area contributed by atoms with Crippen molar-refractivity contribution in [2.24, 2.45) is 0 Å². The summed E-state index contributed by atoms with van der Waals surface area (Å²) < 4.78 is 37.7. The third kappa shape index (κ3) is 4.01. The highest BCUT2D eigenvalue weighted by Crippen LogP contribution is 2.29. The third-order valence-electron chi connectivity index (χ3n) is 4.80. The standard InChI is InChI=1S/C17H22F3N3O/c18-17(19,20)14-4-2-13(3-5-14)12-22-10-6-15(7-11-22)23-9-1-8-21-16(23)24/h2-5,15H,1,6-12H2,(H,21,24). The molecule has 2 fully saturated rings. The second-order valence-electron chi connectivity index (χ2n) is 6.48. The largest absolute Gasteiger partial charge is 0.416 e. The van der Waals surface area contributed by atoms with Gasteiger partial charge in [-0.3, -0.25) is 4.90 Å². The summed E-state index contributed by atoms with van der Waals surface area (Å²) >= 11 is 0. The minimum Gasteiger partial charge on any atom is -0.338 e. The van der Waals surface area contributed by atoms with Crippen LogP contribution < -0.4 is 5.32 Å². The van der Waals surface area contributed by atoms with E-state index in [4.69, 9.17) is 0 Å². The smallest absolute Gasteiger partial charge is 0.338 e. The molecule has 0 saturated carbocycles. The third-order valence-corrected chi connectivity index (χ3v) is 4.80. The predicted octanol–water partition coefficient (Wildman–Crippen LogP) is 3.09. The van der Waals surface area contributed by atoms with Crippen LogP contribution in [0.5, 0.6) is 0 Å². The molecule has 0 radical (unpaired) electrons. The molecule has 0 aliphatic carbocycles. The van der Waals surface area contributed by atoms with Gasteiger partial charge < -0.3 is 10.2 Å². The van der Waals surface area contributed by atoms with Crippen molar-refractivity contribution >= 4 is 6.03 Å². The molecule has 4 nitrogen and oxygen atoms in total. The average Bonchev–Trinajstić information content (AvgIpc) is 2.56. The van der Waals surface area contributed by atoms with E-state index >= 15 is 0 Å². The summed E-state index contributed by atoms with van der Waals surface area (Å²) in [6.07, 6.45) is -1.48. The van der Waals surface area contributed by atoms with E-state index < -0.39 is 11.7 Å². The van der Waals surface area contributed by atoms with E-state index in [0.717, 1.165) is 63.1 Å². The van der Waals surface area contributed by atoms with Crippen molar-refractivity contribution in [2.45, 2.75) is 38.0 Å². The quantitative estimate of drug-likeness (QED) is 0.917.